The highest BCUT2D eigenvalue weighted by Gasteiger charge is 2.16. The number of nitrogens with zero attached hydrogens (tertiary/aromatic N) is 3. The topological polar surface area (TPSA) is 98.3 Å². The van der Waals surface area contributed by atoms with Crippen molar-refractivity contribution in [1.82, 2.24) is 4.98 Å². The highest BCUT2D eigenvalue weighted by molar-refractivity contribution is 5.43. The van der Waals surface area contributed by atoms with Crippen LogP contribution in [0.15, 0.2) is 66.9 Å². The van der Waals surface area contributed by atoms with Crippen molar-refractivity contribution in [3.63, 3.8) is 0 Å². The largest absolute Gasteiger partial charge is 0.489 e. The zero-order chi connectivity index (χ0) is 18.4. The zero-order valence-corrected chi connectivity index (χ0v) is 13.5. The van der Waals surface area contributed by atoms with E-state index in [0.29, 0.717) is 17.1 Å². The molecule has 0 saturated carbocycles. The Morgan fingerprint density at radius 1 is 1.04 bits per heavy atom. The minimum atomic E-state index is -0.549. The standard InChI is InChI=1S/C19H13N3O4/c20-12-14-4-1-2-5-15(14)13-25-16-7-9-17(10-8-16)26-19-18(22(23)24)6-3-11-21-19/h1-11H,13H2. The fourth-order valence-electron chi connectivity index (χ4n) is 2.23. The maximum atomic E-state index is 11.0. The summed E-state index contributed by atoms with van der Waals surface area (Å²) in [6.45, 7) is 0.260. The summed E-state index contributed by atoms with van der Waals surface area (Å²) in [5.41, 5.74) is 1.15. The molecule has 3 rings (SSSR count). The van der Waals surface area contributed by atoms with E-state index in [1.807, 2.05) is 12.1 Å². The van der Waals surface area contributed by atoms with Gasteiger partial charge in [-0.25, -0.2) is 4.98 Å². The third kappa shape index (κ3) is 3.94. The minimum absolute atomic E-state index is 0.0749. The molecule has 0 bridgehead atoms. The normalized spacial score (nSPS) is 9.96. The summed E-state index contributed by atoms with van der Waals surface area (Å²) in [5.74, 6) is 0.909. The fraction of sp³-hybridized carbons (Fsp3) is 0.0526. The molecular formula is C19H13N3O4. The number of nitriles is 1. The minimum Gasteiger partial charge on any atom is -0.489 e. The summed E-state index contributed by atoms with van der Waals surface area (Å²) >= 11 is 0. The van der Waals surface area contributed by atoms with E-state index in [1.165, 1.54) is 18.3 Å². The lowest BCUT2D eigenvalue weighted by Crippen LogP contribution is -1.98. The molecule has 0 atom stereocenters. The summed E-state index contributed by atoms with van der Waals surface area (Å²) in [4.78, 5) is 14.3. The Hall–Kier alpha value is -3.92. The van der Waals surface area contributed by atoms with Crippen molar-refractivity contribution >= 4 is 5.69 Å². The number of hydrogen-bond acceptors (Lipinski definition) is 6. The van der Waals surface area contributed by atoms with E-state index < -0.39 is 4.92 Å². The molecule has 1 aromatic heterocycles. The van der Waals surface area contributed by atoms with Gasteiger partial charge in [-0.15, -0.1) is 0 Å². The van der Waals surface area contributed by atoms with Crippen LogP contribution in [-0.4, -0.2) is 9.91 Å². The third-order valence-corrected chi connectivity index (χ3v) is 3.52. The van der Waals surface area contributed by atoms with Gasteiger partial charge < -0.3 is 9.47 Å². The maximum absolute atomic E-state index is 11.0. The van der Waals surface area contributed by atoms with E-state index in [2.05, 4.69) is 11.1 Å². The highest BCUT2D eigenvalue weighted by atomic mass is 16.6. The number of benzene rings is 2. The Bertz CT molecular complexity index is 965. The molecule has 0 fully saturated rings. The van der Waals surface area contributed by atoms with E-state index in [-0.39, 0.29) is 18.2 Å². The lowest BCUT2D eigenvalue weighted by atomic mass is 10.1. The average Bonchev–Trinajstić information content (AvgIpc) is 2.68. The molecular weight excluding hydrogens is 334 g/mol. The molecule has 7 heteroatoms. The first-order chi connectivity index (χ1) is 12.7. The van der Waals surface area contributed by atoms with Crippen LogP contribution in [0.1, 0.15) is 11.1 Å². The average molecular weight is 347 g/mol. The molecule has 0 radical (unpaired) electrons. The summed E-state index contributed by atoms with van der Waals surface area (Å²) in [5, 5.41) is 20.1. The van der Waals surface area contributed by atoms with E-state index >= 15 is 0 Å². The van der Waals surface area contributed by atoms with Crippen molar-refractivity contribution in [3.8, 4) is 23.4 Å². The summed E-state index contributed by atoms with van der Waals surface area (Å²) in [6, 6.07) is 18.7. The van der Waals surface area contributed by atoms with Crippen LogP contribution in [0.2, 0.25) is 0 Å². The number of nitro groups is 1. The first-order valence-electron chi connectivity index (χ1n) is 7.65. The summed E-state index contributed by atoms with van der Waals surface area (Å²) < 4.78 is 11.1. The second-order valence-electron chi connectivity index (χ2n) is 5.22. The van der Waals surface area contributed by atoms with E-state index in [0.717, 1.165) is 5.56 Å². The van der Waals surface area contributed by atoms with Crippen LogP contribution in [-0.2, 0) is 6.61 Å². The van der Waals surface area contributed by atoms with Gasteiger partial charge in [0, 0.05) is 17.8 Å². The van der Waals surface area contributed by atoms with Crippen LogP contribution < -0.4 is 9.47 Å². The van der Waals surface area contributed by atoms with Gasteiger partial charge in [0.15, 0.2) is 0 Å². The van der Waals surface area contributed by atoms with E-state index in [9.17, 15) is 10.1 Å². The molecule has 3 aromatic rings. The Morgan fingerprint density at radius 2 is 1.77 bits per heavy atom. The van der Waals surface area contributed by atoms with Gasteiger partial charge in [-0.2, -0.15) is 5.26 Å². The third-order valence-electron chi connectivity index (χ3n) is 3.52. The molecule has 0 aliphatic carbocycles. The van der Waals surface area contributed by atoms with Crippen LogP contribution in [0, 0.1) is 21.4 Å². The predicted octanol–water partition coefficient (Wildman–Crippen LogP) is 4.23. The van der Waals surface area contributed by atoms with Gasteiger partial charge in [0.05, 0.1) is 16.6 Å². The number of ether oxygens (including phenoxy) is 2. The van der Waals surface area contributed by atoms with Gasteiger partial charge in [-0.3, -0.25) is 10.1 Å². The molecule has 26 heavy (non-hydrogen) atoms. The van der Waals surface area contributed by atoms with Gasteiger partial charge in [0.1, 0.15) is 18.1 Å². The lowest BCUT2D eigenvalue weighted by molar-refractivity contribution is -0.386. The van der Waals surface area contributed by atoms with Gasteiger partial charge in [-0.05, 0) is 36.4 Å². The fourth-order valence-corrected chi connectivity index (χ4v) is 2.23. The number of pyridine rings is 1. The van der Waals surface area contributed by atoms with Gasteiger partial charge in [0.2, 0.25) is 0 Å². The van der Waals surface area contributed by atoms with Crippen LogP contribution in [0.25, 0.3) is 0 Å². The van der Waals surface area contributed by atoms with Crippen molar-refractivity contribution < 1.29 is 14.4 Å². The monoisotopic (exact) mass is 347 g/mol. The SMILES string of the molecule is N#Cc1ccccc1COc1ccc(Oc2ncccc2[N+](=O)[O-])cc1. The van der Waals surface area contributed by atoms with Crippen molar-refractivity contribution in [1.29, 1.82) is 5.26 Å². The van der Waals surface area contributed by atoms with Crippen molar-refractivity contribution in [2.75, 3.05) is 0 Å². The van der Waals surface area contributed by atoms with Crippen molar-refractivity contribution in [2.45, 2.75) is 6.61 Å². The molecule has 7 nitrogen and oxygen atoms in total. The molecule has 0 spiro atoms. The second kappa shape index (κ2) is 7.77. The van der Waals surface area contributed by atoms with Crippen LogP contribution in [0.5, 0.6) is 17.4 Å². The first-order valence-corrected chi connectivity index (χ1v) is 7.65. The Balaban J connectivity index is 1.68. The van der Waals surface area contributed by atoms with E-state index in [1.54, 1.807) is 36.4 Å². The molecule has 0 N–H and O–H groups in total. The van der Waals surface area contributed by atoms with Crippen molar-refractivity contribution in [3.05, 3.63) is 88.1 Å². The Morgan fingerprint density at radius 3 is 2.50 bits per heavy atom. The first kappa shape index (κ1) is 16.9. The van der Waals surface area contributed by atoms with Crippen molar-refractivity contribution in [2.24, 2.45) is 0 Å². The summed E-state index contributed by atoms with van der Waals surface area (Å²) in [7, 11) is 0. The molecule has 0 aliphatic rings. The van der Waals surface area contributed by atoms with Crippen LogP contribution in [0.3, 0.4) is 0 Å². The highest BCUT2D eigenvalue weighted by Crippen LogP contribution is 2.29. The molecule has 0 amide bonds. The van der Waals surface area contributed by atoms with E-state index in [4.69, 9.17) is 14.7 Å². The number of rotatable bonds is 6. The lowest BCUT2D eigenvalue weighted by Gasteiger charge is -2.09. The van der Waals surface area contributed by atoms with Gasteiger partial charge in [-0.1, -0.05) is 18.2 Å². The predicted molar refractivity (Wildman–Crippen MR) is 92.9 cm³/mol. The molecule has 0 saturated heterocycles. The molecule has 2 aromatic carbocycles. The van der Waals surface area contributed by atoms with Gasteiger partial charge >= 0.3 is 5.69 Å². The Labute approximate surface area is 149 Å². The van der Waals surface area contributed by atoms with Gasteiger partial charge in [0.25, 0.3) is 5.88 Å². The molecule has 0 aliphatic heterocycles. The molecule has 1 heterocycles. The van der Waals surface area contributed by atoms with Crippen LogP contribution in [0.4, 0.5) is 5.69 Å². The summed E-state index contributed by atoms with van der Waals surface area (Å²) in [6.07, 6.45) is 1.42. The molecule has 0 unspecified atom stereocenters. The maximum Gasteiger partial charge on any atom is 0.331 e. The number of hydrogen-bond donors (Lipinski definition) is 0. The number of aromatic nitrogens is 1. The molecule has 128 valence electrons. The Kier molecular flexibility index (Phi) is 5.05. The van der Waals surface area contributed by atoms with Crippen LogP contribution >= 0.6 is 0 Å². The quantitative estimate of drug-likeness (QED) is 0.489. The smallest absolute Gasteiger partial charge is 0.331 e. The zero-order valence-electron chi connectivity index (χ0n) is 13.5. The second-order valence-corrected chi connectivity index (χ2v) is 5.22.